The third-order valence-corrected chi connectivity index (χ3v) is 3.07. The number of aryl methyl sites for hydroxylation is 2. The molecular formula is C16H15FO3. The molecule has 0 heterocycles. The van der Waals surface area contributed by atoms with Gasteiger partial charge in [0.05, 0.1) is 5.56 Å². The zero-order valence-corrected chi connectivity index (χ0v) is 11.3. The van der Waals surface area contributed by atoms with Crippen molar-refractivity contribution in [3.05, 3.63) is 64.5 Å². The quantitative estimate of drug-likeness (QED) is 0.924. The first-order chi connectivity index (χ1) is 9.47. The summed E-state index contributed by atoms with van der Waals surface area (Å²) in [6.07, 6.45) is 0. The summed E-state index contributed by atoms with van der Waals surface area (Å²) in [5.41, 5.74) is 3.06. The Hall–Kier alpha value is -2.36. The molecule has 0 atom stereocenters. The number of hydrogen-bond acceptors (Lipinski definition) is 2. The fourth-order valence-corrected chi connectivity index (χ4v) is 1.86. The van der Waals surface area contributed by atoms with E-state index in [1.54, 1.807) is 0 Å². The number of carboxylic acid groups (broad SMARTS) is 1. The summed E-state index contributed by atoms with van der Waals surface area (Å²) in [4.78, 5) is 10.7. The van der Waals surface area contributed by atoms with Gasteiger partial charge in [0.15, 0.2) is 11.6 Å². The Labute approximate surface area is 116 Å². The van der Waals surface area contributed by atoms with Crippen LogP contribution in [-0.4, -0.2) is 11.1 Å². The van der Waals surface area contributed by atoms with Crippen LogP contribution in [0.1, 0.15) is 27.0 Å². The van der Waals surface area contributed by atoms with Crippen molar-refractivity contribution >= 4 is 5.97 Å². The zero-order valence-electron chi connectivity index (χ0n) is 11.3. The van der Waals surface area contributed by atoms with Crippen LogP contribution < -0.4 is 4.74 Å². The van der Waals surface area contributed by atoms with Gasteiger partial charge in [0.1, 0.15) is 6.61 Å². The Morgan fingerprint density at radius 3 is 2.60 bits per heavy atom. The van der Waals surface area contributed by atoms with Crippen LogP contribution in [0.4, 0.5) is 4.39 Å². The molecule has 3 nitrogen and oxygen atoms in total. The summed E-state index contributed by atoms with van der Waals surface area (Å²) in [6, 6.07) is 9.59. The molecule has 4 heteroatoms. The molecule has 0 amide bonds. The maximum atomic E-state index is 13.7. The maximum Gasteiger partial charge on any atom is 0.335 e. The molecule has 0 unspecified atom stereocenters. The third kappa shape index (κ3) is 3.15. The van der Waals surface area contributed by atoms with Crippen molar-refractivity contribution in [2.45, 2.75) is 20.5 Å². The van der Waals surface area contributed by atoms with Gasteiger partial charge < -0.3 is 9.84 Å². The van der Waals surface area contributed by atoms with Crippen LogP contribution in [-0.2, 0) is 6.61 Å². The topological polar surface area (TPSA) is 46.5 Å². The second kappa shape index (κ2) is 5.74. The molecule has 1 N–H and O–H groups in total. The van der Waals surface area contributed by atoms with Gasteiger partial charge in [0.2, 0.25) is 0 Å². The van der Waals surface area contributed by atoms with E-state index in [1.165, 1.54) is 12.1 Å². The van der Waals surface area contributed by atoms with Gasteiger partial charge in [0, 0.05) is 0 Å². The number of carboxylic acids is 1. The molecule has 0 aromatic heterocycles. The summed E-state index contributed by atoms with van der Waals surface area (Å²) < 4.78 is 19.1. The molecule has 20 heavy (non-hydrogen) atoms. The van der Waals surface area contributed by atoms with Crippen LogP contribution in [0.5, 0.6) is 5.75 Å². The Bertz CT molecular complexity index is 650. The van der Waals surface area contributed by atoms with E-state index in [1.807, 2.05) is 32.0 Å². The molecule has 0 saturated heterocycles. The highest BCUT2D eigenvalue weighted by atomic mass is 19.1. The van der Waals surface area contributed by atoms with Crippen molar-refractivity contribution in [3.8, 4) is 5.75 Å². The Morgan fingerprint density at radius 2 is 1.95 bits per heavy atom. The second-order valence-electron chi connectivity index (χ2n) is 4.67. The number of benzene rings is 2. The fourth-order valence-electron chi connectivity index (χ4n) is 1.86. The summed E-state index contributed by atoms with van der Waals surface area (Å²) in [7, 11) is 0. The van der Waals surface area contributed by atoms with Gasteiger partial charge in [-0.3, -0.25) is 0 Å². The molecule has 0 aliphatic rings. The van der Waals surface area contributed by atoms with E-state index in [0.29, 0.717) is 0 Å². The van der Waals surface area contributed by atoms with E-state index in [4.69, 9.17) is 9.84 Å². The van der Waals surface area contributed by atoms with Crippen LogP contribution in [0.15, 0.2) is 36.4 Å². The van der Waals surface area contributed by atoms with Gasteiger partial charge >= 0.3 is 5.97 Å². The molecule has 0 bridgehead atoms. The normalized spacial score (nSPS) is 10.3. The van der Waals surface area contributed by atoms with E-state index >= 15 is 0 Å². The molecule has 104 valence electrons. The number of ether oxygens (including phenoxy) is 1. The second-order valence-corrected chi connectivity index (χ2v) is 4.67. The van der Waals surface area contributed by atoms with Crippen molar-refractivity contribution < 1.29 is 19.0 Å². The lowest BCUT2D eigenvalue weighted by molar-refractivity contribution is 0.0696. The maximum absolute atomic E-state index is 13.7. The van der Waals surface area contributed by atoms with Crippen LogP contribution in [0, 0.1) is 19.7 Å². The molecule has 2 rings (SSSR count). The lowest BCUT2D eigenvalue weighted by Gasteiger charge is -2.10. The third-order valence-electron chi connectivity index (χ3n) is 3.07. The van der Waals surface area contributed by atoms with Crippen molar-refractivity contribution in [1.29, 1.82) is 0 Å². The van der Waals surface area contributed by atoms with E-state index in [9.17, 15) is 9.18 Å². The number of carbonyl (C=O) groups is 1. The van der Waals surface area contributed by atoms with Crippen molar-refractivity contribution in [2.24, 2.45) is 0 Å². The minimum atomic E-state index is -1.16. The van der Waals surface area contributed by atoms with Crippen LogP contribution >= 0.6 is 0 Å². The summed E-state index contributed by atoms with van der Waals surface area (Å²) in [6.45, 7) is 4.18. The van der Waals surface area contributed by atoms with E-state index in [-0.39, 0.29) is 17.9 Å². The van der Waals surface area contributed by atoms with Gasteiger partial charge in [0.25, 0.3) is 0 Å². The summed E-state index contributed by atoms with van der Waals surface area (Å²) >= 11 is 0. The van der Waals surface area contributed by atoms with Gasteiger partial charge in [-0.1, -0.05) is 23.8 Å². The smallest absolute Gasteiger partial charge is 0.335 e. The number of aromatic carboxylic acids is 1. The van der Waals surface area contributed by atoms with Gasteiger partial charge in [-0.2, -0.15) is 0 Å². The molecular weight excluding hydrogens is 259 g/mol. The monoisotopic (exact) mass is 274 g/mol. The van der Waals surface area contributed by atoms with Crippen molar-refractivity contribution in [3.63, 3.8) is 0 Å². The van der Waals surface area contributed by atoms with Crippen LogP contribution in [0.2, 0.25) is 0 Å². The first kappa shape index (κ1) is 14.1. The average molecular weight is 274 g/mol. The molecule has 0 radical (unpaired) electrons. The largest absolute Gasteiger partial charge is 0.486 e. The average Bonchev–Trinajstić information content (AvgIpc) is 2.40. The van der Waals surface area contributed by atoms with Crippen molar-refractivity contribution in [2.75, 3.05) is 0 Å². The SMILES string of the molecule is Cc1ccc(C)c(COc2ccc(C(=O)O)cc2F)c1. The Kier molecular flexibility index (Phi) is 4.03. The number of hydrogen-bond donors (Lipinski definition) is 1. The molecule has 0 spiro atoms. The predicted molar refractivity (Wildman–Crippen MR) is 73.6 cm³/mol. The predicted octanol–water partition coefficient (Wildman–Crippen LogP) is 3.72. The van der Waals surface area contributed by atoms with Gasteiger partial charge in [-0.15, -0.1) is 0 Å². The van der Waals surface area contributed by atoms with Gasteiger partial charge in [-0.05, 0) is 43.2 Å². The minimum Gasteiger partial charge on any atom is -0.486 e. The summed E-state index contributed by atoms with van der Waals surface area (Å²) in [5.74, 6) is -1.78. The van der Waals surface area contributed by atoms with Gasteiger partial charge in [-0.25, -0.2) is 9.18 Å². The molecule has 0 saturated carbocycles. The molecule has 0 aliphatic carbocycles. The lowest BCUT2D eigenvalue weighted by atomic mass is 10.1. The highest BCUT2D eigenvalue weighted by Crippen LogP contribution is 2.21. The van der Waals surface area contributed by atoms with Crippen LogP contribution in [0.3, 0.4) is 0 Å². The minimum absolute atomic E-state index is 0.0518. The van der Waals surface area contributed by atoms with E-state index < -0.39 is 11.8 Å². The van der Waals surface area contributed by atoms with Crippen LogP contribution in [0.25, 0.3) is 0 Å². The number of halogens is 1. The Morgan fingerprint density at radius 1 is 1.20 bits per heavy atom. The molecule has 2 aromatic rings. The molecule has 2 aromatic carbocycles. The van der Waals surface area contributed by atoms with E-state index in [0.717, 1.165) is 22.8 Å². The van der Waals surface area contributed by atoms with E-state index in [2.05, 4.69) is 0 Å². The highest BCUT2D eigenvalue weighted by molar-refractivity contribution is 5.87. The first-order valence-corrected chi connectivity index (χ1v) is 6.19. The molecule has 0 fully saturated rings. The standard InChI is InChI=1S/C16H15FO3/c1-10-3-4-11(2)13(7-10)9-20-15-6-5-12(16(18)19)8-14(15)17/h3-8H,9H2,1-2H3,(H,18,19). The lowest BCUT2D eigenvalue weighted by Crippen LogP contribution is -2.02. The molecule has 0 aliphatic heterocycles. The Balaban J connectivity index is 2.15. The number of rotatable bonds is 4. The fraction of sp³-hybridized carbons (Fsp3) is 0.188. The van der Waals surface area contributed by atoms with Crippen molar-refractivity contribution in [1.82, 2.24) is 0 Å². The summed E-state index contributed by atoms with van der Waals surface area (Å²) in [5, 5.41) is 8.77. The highest BCUT2D eigenvalue weighted by Gasteiger charge is 2.09. The first-order valence-electron chi connectivity index (χ1n) is 6.19. The zero-order chi connectivity index (χ0) is 14.7.